The minimum Gasteiger partial charge on any atom is -0.386 e. The molecule has 180 valence electrons. The molecular weight excluding hydrogens is 467 g/mol. The molecule has 1 heterocycles. The number of anilines is 4. The number of benzene rings is 2. The number of aromatic nitrogens is 2. The first-order chi connectivity index (χ1) is 16.0. The molecule has 0 fully saturated rings. The second-order valence-corrected chi connectivity index (χ2v) is 13.4. The van der Waals surface area contributed by atoms with Gasteiger partial charge in [0, 0.05) is 11.0 Å². The Morgan fingerprint density at radius 1 is 1.00 bits per heavy atom. The number of aryl methyl sites for hydroxylation is 2. The fourth-order valence-corrected chi connectivity index (χ4v) is 5.52. The first kappa shape index (κ1) is 24.7. The van der Waals surface area contributed by atoms with Gasteiger partial charge < -0.3 is 20.3 Å². The van der Waals surface area contributed by atoms with E-state index >= 15 is 0 Å². The van der Waals surface area contributed by atoms with E-state index in [4.69, 9.17) is 11.6 Å². The van der Waals surface area contributed by atoms with Gasteiger partial charge in [-0.05, 0) is 93.8 Å². The van der Waals surface area contributed by atoms with E-state index in [1.165, 1.54) is 30.4 Å². The first-order valence-electron chi connectivity index (χ1n) is 11.6. The van der Waals surface area contributed by atoms with Crippen LogP contribution in [0.1, 0.15) is 49.8 Å². The SMILES string of the molecule is CC(C)(O)c1ccc(Nc2nc(Nc3ccc4c(c3)CCCCC4)ncc2Cl)c(P(C)(C)=O)c1. The Bertz CT molecular complexity index is 1250. The molecule has 2 aromatic carbocycles. The van der Waals surface area contributed by atoms with Crippen molar-refractivity contribution in [2.75, 3.05) is 24.0 Å². The number of nitrogens with one attached hydrogen (secondary N) is 2. The lowest BCUT2D eigenvalue weighted by molar-refractivity contribution is 0.0787. The summed E-state index contributed by atoms with van der Waals surface area (Å²) in [5.74, 6) is 0.839. The van der Waals surface area contributed by atoms with Crippen LogP contribution in [0.15, 0.2) is 42.6 Å². The first-order valence-corrected chi connectivity index (χ1v) is 14.6. The maximum absolute atomic E-state index is 13.0. The third-order valence-corrected chi connectivity index (χ3v) is 7.94. The van der Waals surface area contributed by atoms with Crippen molar-refractivity contribution >= 4 is 47.2 Å². The Labute approximate surface area is 206 Å². The molecule has 0 aliphatic heterocycles. The molecular formula is C26H32ClN4O2P. The van der Waals surface area contributed by atoms with Gasteiger partial charge in [-0.3, -0.25) is 0 Å². The molecule has 0 bridgehead atoms. The standard InChI is InChI=1S/C26H32ClN4O2P/c1-26(2,32)19-11-13-22(23(15-19)34(3,4)33)30-24-21(27)16-28-25(31-24)29-20-12-10-17-8-6-5-7-9-18(17)14-20/h10-16,32H,5-9H2,1-4H3,(H2,28,29,30,31). The Morgan fingerprint density at radius 3 is 2.44 bits per heavy atom. The number of aliphatic hydroxyl groups is 1. The number of nitrogens with zero attached hydrogens (tertiary/aromatic N) is 2. The van der Waals surface area contributed by atoms with Crippen LogP contribution < -0.4 is 15.9 Å². The molecule has 1 aromatic heterocycles. The van der Waals surface area contributed by atoms with Crippen LogP contribution in [0.2, 0.25) is 5.02 Å². The van der Waals surface area contributed by atoms with E-state index in [9.17, 15) is 9.67 Å². The zero-order valence-corrected chi connectivity index (χ0v) is 21.8. The van der Waals surface area contributed by atoms with Gasteiger partial charge in [0.1, 0.15) is 12.2 Å². The van der Waals surface area contributed by atoms with E-state index in [0.29, 0.717) is 33.3 Å². The minimum absolute atomic E-state index is 0.354. The lowest BCUT2D eigenvalue weighted by atomic mass is 9.98. The van der Waals surface area contributed by atoms with Gasteiger partial charge in [0.25, 0.3) is 0 Å². The third kappa shape index (κ3) is 5.80. The molecule has 34 heavy (non-hydrogen) atoms. The lowest BCUT2D eigenvalue weighted by Crippen LogP contribution is -2.20. The van der Waals surface area contributed by atoms with E-state index in [-0.39, 0.29) is 0 Å². The maximum atomic E-state index is 13.0. The van der Waals surface area contributed by atoms with Gasteiger partial charge in [-0.25, -0.2) is 4.98 Å². The van der Waals surface area contributed by atoms with Gasteiger partial charge >= 0.3 is 0 Å². The third-order valence-electron chi connectivity index (χ3n) is 6.14. The quantitative estimate of drug-likeness (QED) is 0.271. The molecule has 3 N–H and O–H groups in total. The Kier molecular flexibility index (Phi) is 7.04. The highest BCUT2D eigenvalue weighted by Crippen LogP contribution is 2.40. The van der Waals surface area contributed by atoms with E-state index in [0.717, 1.165) is 18.5 Å². The summed E-state index contributed by atoms with van der Waals surface area (Å²) >= 11 is 6.41. The molecule has 0 radical (unpaired) electrons. The minimum atomic E-state index is -2.66. The van der Waals surface area contributed by atoms with Gasteiger partial charge in [-0.2, -0.15) is 4.98 Å². The summed E-state index contributed by atoms with van der Waals surface area (Å²) in [6.07, 6.45) is 7.51. The van der Waals surface area contributed by atoms with Gasteiger partial charge in [-0.15, -0.1) is 0 Å². The Hall–Kier alpha value is -2.40. The molecule has 1 aliphatic rings. The monoisotopic (exact) mass is 498 g/mol. The molecule has 1 aliphatic carbocycles. The van der Waals surface area contributed by atoms with Crippen molar-refractivity contribution in [1.82, 2.24) is 9.97 Å². The topological polar surface area (TPSA) is 87.1 Å². The second kappa shape index (κ2) is 9.69. The van der Waals surface area contributed by atoms with Crippen LogP contribution in [0.5, 0.6) is 0 Å². The molecule has 0 atom stereocenters. The average molecular weight is 499 g/mol. The van der Waals surface area contributed by atoms with E-state index < -0.39 is 12.7 Å². The molecule has 0 saturated carbocycles. The zero-order chi connectivity index (χ0) is 24.5. The fourth-order valence-electron chi connectivity index (χ4n) is 4.22. The van der Waals surface area contributed by atoms with Crippen LogP contribution >= 0.6 is 18.7 Å². The Balaban J connectivity index is 1.62. The van der Waals surface area contributed by atoms with E-state index in [2.05, 4.69) is 38.8 Å². The predicted molar refractivity (Wildman–Crippen MR) is 142 cm³/mol. The fraction of sp³-hybridized carbons (Fsp3) is 0.385. The van der Waals surface area contributed by atoms with Crippen LogP contribution in [0.3, 0.4) is 0 Å². The number of hydrogen-bond acceptors (Lipinski definition) is 6. The summed E-state index contributed by atoms with van der Waals surface area (Å²) in [4.78, 5) is 8.93. The van der Waals surface area contributed by atoms with Gasteiger partial charge in [0.2, 0.25) is 5.95 Å². The molecule has 0 spiro atoms. The van der Waals surface area contributed by atoms with Crippen LogP contribution in [0.25, 0.3) is 0 Å². The molecule has 4 rings (SSSR count). The van der Waals surface area contributed by atoms with Gasteiger partial charge in [0.05, 0.1) is 17.5 Å². The number of hydrogen-bond donors (Lipinski definition) is 3. The van der Waals surface area contributed by atoms with Gasteiger partial charge in [-0.1, -0.05) is 30.2 Å². The summed E-state index contributed by atoms with van der Waals surface area (Å²) < 4.78 is 13.0. The highest BCUT2D eigenvalue weighted by molar-refractivity contribution is 7.70. The smallest absolute Gasteiger partial charge is 0.229 e. The van der Waals surface area contributed by atoms with Crippen molar-refractivity contribution in [3.05, 3.63) is 64.3 Å². The van der Waals surface area contributed by atoms with Crippen LogP contribution in [-0.4, -0.2) is 28.4 Å². The highest BCUT2D eigenvalue weighted by Gasteiger charge is 2.23. The second-order valence-electron chi connectivity index (χ2n) is 9.83. The van der Waals surface area contributed by atoms with Crippen LogP contribution in [0.4, 0.5) is 23.1 Å². The molecule has 6 nitrogen and oxygen atoms in total. The van der Waals surface area contributed by atoms with Crippen molar-refractivity contribution in [2.45, 2.75) is 51.6 Å². The summed E-state index contributed by atoms with van der Waals surface area (Å²) in [5.41, 5.74) is 4.03. The molecule has 8 heteroatoms. The van der Waals surface area contributed by atoms with E-state index in [1.807, 2.05) is 6.07 Å². The summed E-state index contributed by atoms with van der Waals surface area (Å²) in [5, 5.41) is 17.9. The number of fused-ring (bicyclic) bond motifs is 1. The van der Waals surface area contributed by atoms with Crippen molar-refractivity contribution < 1.29 is 9.67 Å². The summed E-state index contributed by atoms with van der Waals surface area (Å²) in [6, 6.07) is 11.8. The summed E-state index contributed by atoms with van der Waals surface area (Å²) in [7, 11) is -2.66. The maximum Gasteiger partial charge on any atom is 0.229 e. The zero-order valence-electron chi connectivity index (χ0n) is 20.2. The molecule has 3 aromatic rings. The predicted octanol–water partition coefficient (Wildman–Crippen LogP) is 6.36. The Morgan fingerprint density at radius 2 is 1.74 bits per heavy atom. The molecule has 0 unspecified atom stereocenters. The van der Waals surface area contributed by atoms with Crippen molar-refractivity contribution in [1.29, 1.82) is 0 Å². The van der Waals surface area contributed by atoms with Crippen LogP contribution in [-0.2, 0) is 23.0 Å². The molecule has 0 amide bonds. The normalized spacial score (nSPS) is 14.3. The lowest BCUT2D eigenvalue weighted by Gasteiger charge is -2.22. The average Bonchev–Trinajstić information content (AvgIpc) is 3.00. The van der Waals surface area contributed by atoms with Crippen molar-refractivity contribution in [2.24, 2.45) is 0 Å². The largest absolute Gasteiger partial charge is 0.386 e. The highest BCUT2D eigenvalue weighted by atomic mass is 35.5. The van der Waals surface area contributed by atoms with Gasteiger partial charge in [0.15, 0.2) is 5.82 Å². The van der Waals surface area contributed by atoms with E-state index in [1.54, 1.807) is 45.5 Å². The number of rotatable bonds is 6. The van der Waals surface area contributed by atoms with Crippen LogP contribution in [0, 0.1) is 0 Å². The molecule has 0 saturated heterocycles. The van der Waals surface area contributed by atoms with Crippen molar-refractivity contribution in [3.8, 4) is 0 Å². The summed E-state index contributed by atoms with van der Waals surface area (Å²) in [6.45, 7) is 6.82. The van der Waals surface area contributed by atoms with Crippen molar-refractivity contribution in [3.63, 3.8) is 0 Å². The number of halogens is 1.